The topological polar surface area (TPSA) is 47.5 Å². The molecule has 0 spiro atoms. The number of nitrogens with zero attached hydrogens (tertiary/aromatic N) is 3. The van der Waals surface area contributed by atoms with Gasteiger partial charge in [0.2, 0.25) is 17.7 Å². The van der Waals surface area contributed by atoms with Gasteiger partial charge in [-0.15, -0.1) is 0 Å². The lowest BCUT2D eigenvalue weighted by Crippen LogP contribution is -2.54. The van der Waals surface area contributed by atoms with Gasteiger partial charge < -0.3 is 14.4 Å². The van der Waals surface area contributed by atoms with E-state index in [2.05, 4.69) is 9.97 Å². The van der Waals surface area contributed by atoms with E-state index in [0.717, 1.165) is 0 Å². The van der Waals surface area contributed by atoms with E-state index in [1.807, 2.05) is 0 Å². The Balaban J connectivity index is 2.11. The molecule has 1 aliphatic rings. The zero-order valence-electron chi connectivity index (χ0n) is 9.86. The summed E-state index contributed by atoms with van der Waals surface area (Å²) in [5.41, 5.74) is 0. The highest BCUT2D eigenvalue weighted by atomic mass is 19.4. The molecule has 1 aromatic heterocycles. The summed E-state index contributed by atoms with van der Waals surface area (Å²) in [5, 5.41) is 0. The van der Waals surface area contributed by atoms with Gasteiger partial charge in [0.05, 0.1) is 26.2 Å². The number of alkyl halides is 3. The molecular formula is C10H12F3N3O2. The molecule has 1 fully saturated rings. The highest BCUT2D eigenvalue weighted by Gasteiger charge is 2.48. The molecule has 1 saturated heterocycles. The fourth-order valence-corrected chi connectivity index (χ4v) is 1.59. The van der Waals surface area contributed by atoms with E-state index in [9.17, 15) is 13.2 Å². The number of hydrogen-bond donors (Lipinski definition) is 0. The normalized spacial score (nSPS) is 16.4. The summed E-state index contributed by atoms with van der Waals surface area (Å²) < 4.78 is 47.0. The number of methoxy groups -OCH3 is 2. The van der Waals surface area contributed by atoms with Crippen LogP contribution in [-0.4, -0.2) is 43.5 Å². The summed E-state index contributed by atoms with van der Waals surface area (Å²) >= 11 is 0. The summed E-state index contributed by atoms with van der Waals surface area (Å²) in [6.07, 6.45) is -4.17. The fraction of sp³-hybridized carbons (Fsp3) is 0.600. The average molecular weight is 263 g/mol. The molecule has 0 N–H and O–H groups in total. The lowest BCUT2D eigenvalue weighted by atomic mass is 10.0. The van der Waals surface area contributed by atoms with Gasteiger partial charge >= 0.3 is 6.18 Å². The zero-order chi connectivity index (χ0) is 13.3. The molecule has 0 aliphatic carbocycles. The van der Waals surface area contributed by atoms with Crippen molar-refractivity contribution in [3.05, 3.63) is 6.07 Å². The van der Waals surface area contributed by atoms with Gasteiger partial charge in [-0.3, -0.25) is 0 Å². The zero-order valence-corrected chi connectivity index (χ0v) is 9.86. The predicted molar refractivity (Wildman–Crippen MR) is 56.9 cm³/mol. The van der Waals surface area contributed by atoms with Crippen LogP contribution in [0, 0.1) is 5.92 Å². The summed E-state index contributed by atoms with van der Waals surface area (Å²) in [7, 11) is 2.83. The molecule has 0 bridgehead atoms. The Kier molecular flexibility index (Phi) is 3.18. The minimum absolute atomic E-state index is 0.139. The second kappa shape index (κ2) is 4.51. The summed E-state index contributed by atoms with van der Waals surface area (Å²) in [6.45, 7) is -0.278. The molecule has 1 aliphatic heterocycles. The third-order valence-corrected chi connectivity index (χ3v) is 2.71. The van der Waals surface area contributed by atoms with Gasteiger partial charge in [-0.05, 0) is 0 Å². The molecule has 0 aromatic carbocycles. The van der Waals surface area contributed by atoms with Gasteiger partial charge in [0.15, 0.2) is 0 Å². The van der Waals surface area contributed by atoms with E-state index in [4.69, 9.17) is 9.47 Å². The molecule has 0 atom stereocenters. The van der Waals surface area contributed by atoms with E-state index in [1.54, 1.807) is 0 Å². The van der Waals surface area contributed by atoms with Crippen molar-refractivity contribution in [1.82, 2.24) is 9.97 Å². The summed E-state index contributed by atoms with van der Waals surface area (Å²) in [5.74, 6) is -0.621. The lowest BCUT2D eigenvalue weighted by Gasteiger charge is -2.39. The third kappa shape index (κ3) is 2.41. The van der Waals surface area contributed by atoms with Crippen LogP contribution in [0.2, 0.25) is 0 Å². The highest BCUT2D eigenvalue weighted by Crippen LogP contribution is 2.35. The van der Waals surface area contributed by atoms with Gasteiger partial charge in [0.25, 0.3) is 0 Å². The van der Waals surface area contributed by atoms with Gasteiger partial charge in [-0.2, -0.15) is 23.1 Å². The van der Waals surface area contributed by atoms with E-state index in [1.165, 1.54) is 25.2 Å². The van der Waals surface area contributed by atoms with E-state index >= 15 is 0 Å². The first-order valence-corrected chi connectivity index (χ1v) is 5.22. The largest absolute Gasteiger partial charge is 0.481 e. The first-order valence-electron chi connectivity index (χ1n) is 5.22. The maximum absolute atomic E-state index is 12.4. The third-order valence-electron chi connectivity index (χ3n) is 2.71. The van der Waals surface area contributed by atoms with Crippen LogP contribution < -0.4 is 14.4 Å². The molecule has 0 amide bonds. The van der Waals surface area contributed by atoms with Crippen molar-refractivity contribution >= 4 is 5.95 Å². The molecule has 0 radical (unpaired) electrons. The van der Waals surface area contributed by atoms with E-state index in [-0.39, 0.29) is 30.8 Å². The average Bonchev–Trinajstić information content (AvgIpc) is 2.24. The van der Waals surface area contributed by atoms with Crippen LogP contribution in [0.25, 0.3) is 0 Å². The Bertz CT molecular complexity index is 411. The number of rotatable bonds is 3. The minimum atomic E-state index is -4.17. The quantitative estimate of drug-likeness (QED) is 0.827. The van der Waals surface area contributed by atoms with Crippen LogP contribution in [0.3, 0.4) is 0 Å². The van der Waals surface area contributed by atoms with Gasteiger partial charge in [0, 0.05) is 13.1 Å². The Morgan fingerprint density at radius 1 is 1.17 bits per heavy atom. The van der Waals surface area contributed by atoms with E-state index in [0.29, 0.717) is 0 Å². The van der Waals surface area contributed by atoms with Crippen molar-refractivity contribution in [3.8, 4) is 11.8 Å². The summed E-state index contributed by atoms with van der Waals surface area (Å²) in [6, 6.07) is 1.46. The molecule has 2 rings (SSSR count). The first-order chi connectivity index (χ1) is 8.44. The highest BCUT2D eigenvalue weighted by molar-refractivity contribution is 5.39. The SMILES string of the molecule is COc1cc(OC)nc(N2CC(C(F)(F)F)C2)n1. The van der Waals surface area contributed by atoms with Crippen LogP contribution in [0.5, 0.6) is 11.8 Å². The maximum Gasteiger partial charge on any atom is 0.395 e. The van der Waals surface area contributed by atoms with Gasteiger partial charge in [-0.25, -0.2) is 0 Å². The number of ether oxygens (including phenoxy) is 2. The van der Waals surface area contributed by atoms with Crippen LogP contribution in [0.4, 0.5) is 19.1 Å². The molecular weight excluding hydrogens is 251 g/mol. The van der Waals surface area contributed by atoms with Crippen molar-refractivity contribution in [2.24, 2.45) is 5.92 Å². The van der Waals surface area contributed by atoms with Gasteiger partial charge in [0.1, 0.15) is 0 Å². The van der Waals surface area contributed by atoms with Crippen molar-refractivity contribution in [3.63, 3.8) is 0 Å². The predicted octanol–water partition coefficient (Wildman–Crippen LogP) is 1.49. The second-order valence-electron chi connectivity index (χ2n) is 3.90. The second-order valence-corrected chi connectivity index (χ2v) is 3.90. The maximum atomic E-state index is 12.4. The molecule has 18 heavy (non-hydrogen) atoms. The smallest absolute Gasteiger partial charge is 0.395 e. The Labute approximate surface area is 102 Å². The van der Waals surface area contributed by atoms with Crippen molar-refractivity contribution in [2.75, 3.05) is 32.2 Å². The van der Waals surface area contributed by atoms with E-state index < -0.39 is 12.1 Å². The monoisotopic (exact) mass is 263 g/mol. The fourth-order valence-electron chi connectivity index (χ4n) is 1.59. The van der Waals surface area contributed by atoms with Crippen molar-refractivity contribution in [1.29, 1.82) is 0 Å². The van der Waals surface area contributed by atoms with Gasteiger partial charge in [-0.1, -0.05) is 0 Å². The van der Waals surface area contributed by atoms with Crippen LogP contribution in [-0.2, 0) is 0 Å². The number of aromatic nitrogens is 2. The molecule has 0 saturated carbocycles. The molecule has 1 aromatic rings. The van der Waals surface area contributed by atoms with Crippen molar-refractivity contribution in [2.45, 2.75) is 6.18 Å². The van der Waals surface area contributed by atoms with Crippen LogP contribution >= 0.6 is 0 Å². The molecule has 2 heterocycles. The Hall–Kier alpha value is -1.73. The van der Waals surface area contributed by atoms with Crippen molar-refractivity contribution < 1.29 is 22.6 Å². The summed E-state index contributed by atoms with van der Waals surface area (Å²) in [4.78, 5) is 9.40. The minimum Gasteiger partial charge on any atom is -0.481 e. The standard InChI is InChI=1S/C10H12F3N3O2/c1-17-7-3-8(18-2)15-9(14-7)16-4-6(5-16)10(11,12)13/h3,6H,4-5H2,1-2H3. The number of anilines is 1. The molecule has 5 nitrogen and oxygen atoms in total. The van der Waals surface area contributed by atoms with Crippen LogP contribution in [0.15, 0.2) is 6.07 Å². The number of halogens is 3. The lowest BCUT2D eigenvalue weighted by molar-refractivity contribution is -0.180. The first kappa shape index (κ1) is 12.7. The number of hydrogen-bond acceptors (Lipinski definition) is 5. The molecule has 0 unspecified atom stereocenters. The molecule has 100 valence electrons. The van der Waals surface area contributed by atoms with Crippen LogP contribution in [0.1, 0.15) is 0 Å². The molecule has 8 heteroatoms. The Morgan fingerprint density at radius 3 is 2.06 bits per heavy atom. The Morgan fingerprint density at radius 2 is 1.67 bits per heavy atom.